The number of amides is 1. The number of rotatable bonds is 4. The Morgan fingerprint density at radius 1 is 1.28 bits per heavy atom. The molecule has 1 atom stereocenters. The minimum atomic E-state index is -0.227. The van der Waals surface area contributed by atoms with Gasteiger partial charge in [0.05, 0.1) is 6.04 Å². The van der Waals surface area contributed by atoms with Gasteiger partial charge in [-0.1, -0.05) is 5.16 Å². The van der Waals surface area contributed by atoms with Gasteiger partial charge in [0.25, 0.3) is 5.91 Å². The second-order valence-electron chi connectivity index (χ2n) is 5.97. The Kier molecular flexibility index (Phi) is 4.26. The fourth-order valence-electron chi connectivity index (χ4n) is 2.92. The van der Waals surface area contributed by atoms with Crippen LogP contribution in [0.4, 0.5) is 5.69 Å². The van der Waals surface area contributed by atoms with E-state index in [2.05, 4.69) is 25.9 Å². The summed E-state index contributed by atoms with van der Waals surface area (Å²) in [5.74, 6) is 0.285. The summed E-state index contributed by atoms with van der Waals surface area (Å²) in [5, 5.41) is 14.4. The summed E-state index contributed by atoms with van der Waals surface area (Å²) in [6.45, 7) is 1.94. The monoisotopic (exact) mass is 338 g/mol. The Balaban J connectivity index is 1.42. The predicted octanol–water partition coefficient (Wildman–Crippen LogP) is 2.11. The Labute approximate surface area is 144 Å². The third-order valence-electron chi connectivity index (χ3n) is 4.25. The van der Waals surface area contributed by atoms with Gasteiger partial charge in [-0.25, -0.2) is 0 Å². The van der Waals surface area contributed by atoms with E-state index in [-0.39, 0.29) is 5.91 Å². The molecule has 3 aromatic rings. The highest BCUT2D eigenvalue weighted by atomic mass is 16.5. The van der Waals surface area contributed by atoms with Crippen molar-refractivity contribution in [2.75, 3.05) is 18.4 Å². The van der Waals surface area contributed by atoms with Crippen LogP contribution in [0, 0.1) is 0 Å². The Bertz CT molecular complexity index is 834. The van der Waals surface area contributed by atoms with E-state index in [9.17, 15) is 4.79 Å². The fraction of sp³-hybridized carbons (Fsp3) is 0.294. The van der Waals surface area contributed by atoms with Crippen molar-refractivity contribution < 1.29 is 9.32 Å². The number of carbonyl (C=O) groups excluding carboxylic acids is 1. The fourth-order valence-corrected chi connectivity index (χ4v) is 2.92. The Morgan fingerprint density at radius 3 is 2.88 bits per heavy atom. The first-order valence-corrected chi connectivity index (χ1v) is 8.23. The van der Waals surface area contributed by atoms with Gasteiger partial charge in [-0.2, -0.15) is 10.1 Å². The topological polar surface area (TPSA) is 97.9 Å². The zero-order chi connectivity index (χ0) is 17.1. The average molecular weight is 338 g/mol. The highest BCUT2D eigenvalue weighted by molar-refractivity contribution is 6.02. The molecule has 2 aromatic heterocycles. The highest BCUT2D eigenvalue weighted by Gasteiger charge is 2.17. The number of piperidine rings is 1. The smallest absolute Gasteiger partial charge is 0.276 e. The van der Waals surface area contributed by atoms with Crippen LogP contribution in [-0.2, 0) is 0 Å². The molecule has 4 rings (SSSR count). The van der Waals surface area contributed by atoms with Gasteiger partial charge in [0.1, 0.15) is 0 Å². The van der Waals surface area contributed by atoms with Gasteiger partial charge in [0, 0.05) is 24.0 Å². The van der Waals surface area contributed by atoms with Crippen molar-refractivity contribution in [3.8, 4) is 11.4 Å². The molecule has 1 aromatic carbocycles. The summed E-state index contributed by atoms with van der Waals surface area (Å²) in [5.41, 5.74) is 1.92. The van der Waals surface area contributed by atoms with Gasteiger partial charge in [0.15, 0.2) is 5.69 Å². The van der Waals surface area contributed by atoms with Crippen LogP contribution < -0.4 is 10.6 Å². The Morgan fingerprint density at radius 2 is 2.16 bits per heavy atom. The summed E-state index contributed by atoms with van der Waals surface area (Å²) in [6, 6.07) is 9.30. The molecule has 1 aliphatic heterocycles. The molecule has 0 spiro atoms. The summed E-state index contributed by atoms with van der Waals surface area (Å²) >= 11 is 0. The highest BCUT2D eigenvalue weighted by Crippen LogP contribution is 2.19. The lowest BCUT2D eigenvalue weighted by molar-refractivity contribution is 0.102. The predicted molar refractivity (Wildman–Crippen MR) is 91.1 cm³/mol. The molecule has 0 aliphatic carbocycles. The maximum Gasteiger partial charge on any atom is 0.276 e. The number of hydrogen-bond acceptors (Lipinski definition) is 6. The van der Waals surface area contributed by atoms with Gasteiger partial charge in [-0.3, -0.25) is 9.48 Å². The van der Waals surface area contributed by atoms with Crippen molar-refractivity contribution in [2.45, 2.75) is 18.9 Å². The molecule has 0 bridgehead atoms. The van der Waals surface area contributed by atoms with Crippen LogP contribution in [0.5, 0.6) is 0 Å². The summed E-state index contributed by atoms with van der Waals surface area (Å²) in [6.07, 6.45) is 5.35. The maximum absolute atomic E-state index is 12.4. The number of anilines is 1. The first-order valence-electron chi connectivity index (χ1n) is 8.23. The number of nitrogens with one attached hydrogen (secondary N) is 2. The molecular weight excluding hydrogens is 320 g/mol. The number of carbonyl (C=O) groups is 1. The third kappa shape index (κ3) is 3.43. The number of nitrogens with zero attached hydrogens (tertiary/aromatic N) is 4. The maximum atomic E-state index is 12.4. The summed E-state index contributed by atoms with van der Waals surface area (Å²) in [4.78, 5) is 16.4. The molecule has 1 fully saturated rings. The molecule has 1 saturated heterocycles. The van der Waals surface area contributed by atoms with Crippen LogP contribution in [0.25, 0.3) is 11.4 Å². The van der Waals surface area contributed by atoms with E-state index in [0.717, 1.165) is 31.5 Å². The molecule has 0 radical (unpaired) electrons. The molecule has 1 aliphatic rings. The molecule has 128 valence electrons. The molecular formula is C17H18N6O2. The quantitative estimate of drug-likeness (QED) is 0.756. The lowest BCUT2D eigenvalue weighted by Gasteiger charge is -2.22. The second-order valence-corrected chi connectivity index (χ2v) is 5.97. The van der Waals surface area contributed by atoms with Gasteiger partial charge in [-0.05, 0) is 49.7 Å². The summed E-state index contributed by atoms with van der Waals surface area (Å²) < 4.78 is 6.60. The molecule has 0 saturated carbocycles. The van der Waals surface area contributed by atoms with Gasteiger partial charge < -0.3 is 15.2 Å². The van der Waals surface area contributed by atoms with Crippen molar-refractivity contribution in [3.05, 3.63) is 48.6 Å². The normalized spacial score (nSPS) is 17.4. The van der Waals surface area contributed by atoms with Gasteiger partial charge in [0.2, 0.25) is 12.2 Å². The molecule has 8 nitrogen and oxygen atoms in total. The van der Waals surface area contributed by atoms with E-state index >= 15 is 0 Å². The first-order chi connectivity index (χ1) is 12.3. The van der Waals surface area contributed by atoms with Crippen LogP contribution in [0.2, 0.25) is 0 Å². The number of aromatic nitrogens is 4. The van der Waals surface area contributed by atoms with Crippen LogP contribution >= 0.6 is 0 Å². The number of benzene rings is 1. The minimum Gasteiger partial charge on any atom is -0.342 e. The van der Waals surface area contributed by atoms with Crippen molar-refractivity contribution in [2.24, 2.45) is 0 Å². The average Bonchev–Trinajstić information content (AvgIpc) is 3.35. The van der Waals surface area contributed by atoms with E-state index in [1.165, 1.54) is 6.39 Å². The summed E-state index contributed by atoms with van der Waals surface area (Å²) in [7, 11) is 0. The standard InChI is InChI=1S/C17H18N6O2/c24-17(15-7-9-23(21-15)14-2-1-8-18-10-14)20-13-5-3-12(4-6-13)16-19-11-25-22-16/h3-7,9,11,14,18H,1-2,8,10H2,(H,20,24). The third-order valence-corrected chi connectivity index (χ3v) is 4.25. The number of hydrogen-bond donors (Lipinski definition) is 2. The molecule has 1 unspecified atom stereocenters. The van der Waals surface area contributed by atoms with E-state index in [4.69, 9.17) is 4.52 Å². The van der Waals surface area contributed by atoms with Gasteiger partial charge >= 0.3 is 0 Å². The van der Waals surface area contributed by atoms with E-state index in [1.54, 1.807) is 18.2 Å². The van der Waals surface area contributed by atoms with E-state index < -0.39 is 0 Å². The molecule has 1 amide bonds. The lowest BCUT2D eigenvalue weighted by Crippen LogP contribution is -2.32. The van der Waals surface area contributed by atoms with Crippen molar-refractivity contribution in [3.63, 3.8) is 0 Å². The van der Waals surface area contributed by atoms with Crippen LogP contribution in [0.3, 0.4) is 0 Å². The van der Waals surface area contributed by atoms with Gasteiger partial charge in [-0.15, -0.1) is 0 Å². The zero-order valence-corrected chi connectivity index (χ0v) is 13.6. The molecule has 8 heteroatoms. The molecule has 3 heterocycles. The van der Waals surface area contributed by atoms with E-state index in [1.807, 2.05) is 23.0 Å². The first kappa shape index (κ1) is 15.5. The largest absolute Gasteiger partial charge is 0.342 e. The van der Waals surface area contributed by atoms with Crippen molar-refractivity contribution >= 4 is 11.6 Å². The van der Waals surface area contributed by atoms with Crippen LogP contribution in [0.1, 0.15) is 29.4 Å². The second kappa shape index (κ2) is 6.86. The molecule has 25 heavy (non-hydrogen) atoms. The van der Waals surface area contributed by atoms with Crippen molar-refractivity contribution in [1.29, 1.82) is 0 Å². The van der Waals surface area contributed by atoms with Crippen LogP contribution in [0.15, 0.2) is 47.4 Å². The van der Waals surface area contributed by atoms with Crippen molar-refractivity contribution in [1.82, 2.24) is 25.2 Å². The minimum absolute atomic E-state index is 0.227. The lowest BCUT2D eigenvalue weighted by atomic mass is 10.1. The van der Waals surface area contributed by atoms with Crippen LogP contribution in [-0.4, -0.2) is 38.9 Å². The molecule has 2 N–H and O–H groups in total. The van der Waals surface area contributed by atoms with E-state index in [0.29, 0.717) is 23.2 Å². The zero-order valence-electron chi connectivity index (χ0n) is 13.6. The Hall–Kier alpha value is -3.00. The SMILES string of the molecule is O=C(Nc1ccc(-c2ncon2)cc1)c1ccn(C2CCCNC2)n1.